The number of piperazine rings is 1. The van der Waals surface area contributed by atoms with Crippen molar-refractivity contribution < 1.29 is 0 Å². The Balaban J connectivity index is 1.51. The summed E-state index contributed by atoms with van der Waals surface area (Å²) in [7, 11) is 2.20. The number of aromatic nitrogens is 2. The zero-order valence-electron chi connectivity index (χ0n) is 16.2. The maximum atomic E-state index is 4.42. The topological polar surface area (TPSA) is 44.3 Å². The number of rotatable bonds is 4. The summed E-state index contributed by atoms with van der Waals surface area (Å²) < 4.78 is 0. The van der Waals surface area contributed by atoms with Gasteiger partial charge in [0, 0.05) is 45.1 Å². The number of nitrogens with one attached hydrogen (secondary N) is 1. The second-order valence-electron chi connectivity index (χ2n) is 7.41. The van der Waals surface area contributed by atoms with Crippen LogP contribution >= 0.6 is 0 Å². The predicted molar refractivity (Wildman–Crippen MR) is 110 cm³/mol. The van der Waals surface area contributed by atoms with Crippen LogP contribution < -0.4 is 5.32 Å². The highest BCUT2D eigenvalue weighted by Crippen LogP contribution is 2.22. The van der Waals surface area contributed by atoms with Crippen LogP contribution in [0.2, 0.25) is 0 Å². The molecular formula is C22H27N5. The van der Waals surface area contributed by atoms with Crippen LogP contribution in [0.3, 0.4) is 0 Å². The van der Waals surface area contributed by atoms with Gasteiger partial charge in [0.05, 0.1) is 22.4 Å². The minimum Gasteiger partial charge on any atom is -0.379 e. The van der Waals surface area contributed by atoms with Crippen LogP contribution in [0.1, 0.15) is 18.9 Å². The van der Waals surface area contributed by atoms with E-state index in [4.69, 9.17) is 0 Å². The van der Waals surface area contributed by atoms with Crippen molar-refractivity contribution in [1.29, 1.82) is 0 Å². The van der Waals surface area contributed by atoms with Gasteiger partial charge in [-0.15, -0.1) is 0 Å². The molecule has 1 fully saturated rings. The van der Waals surface area contributed by atoms with E-state index in [2.05, 4.69) is 69.4 Å². The zero-order valence-corrected chi connectivity index (χ0v) is 16.2. The molecular weight excluding hydrogens is 334 g/mol. The Kier molecular flexibility index (Phi) is 5.21. The fraction of sp³-hybridized carbons (Fsp3) is 0.364. The van der Waals surface area contributed by atoms with E-state index in [-0.39, 0.29) is 0 Å². The Labute approximate surface area is 161 Å². The number of allylic oxidation sites excluding steroid dienone is 4. The second-order valence-corrected chi connectivity index (χ2v) is 7.41. The largest absolute Gasteiger partial charge is 0.379 e. The molecule has 0 unspecified atom stereocenters. The molecule has 0 bridgehead atoms. The van der Waals surface area contributed by atoms with Crippen molar-refractivity contribution in [2.45, 2.75) is 19.9 Å². The first-order valence-electron chi connectivity index (χ1n) is 9.64. The summed E-state index contributed by atoms with van der Waals surface area (Å²) in [5, 5.41) is 3.67. The van der Waals surface area contributed by atoms with E-state index in [0.29, 0.717) is 0 Å². The highest BCUT2D eigenvalue weighted by Gasteiger charge is 2.19. The monoisotopic (exact) mass is 361 g/mol. The van der Waals surface area contributed by atoms with Gasteiger partial charge in [-0.3, -0.25) is 9.97 Å². The molecule has 0 atom stereocenters. The number of likely N-dealkylation sites (N-methyl/N-ethyl adjacent to an activating group) is 1. The second kappa shape index (κ2) is 7.92. The molecule has 1 aromatic carbocycles. The van der Waals surface area contributed by atoms with E-state index < -0.39 is 0 Å². The molecule has 5 heteroatoms. The van der Waals surface area contributed by atoms with Gasteiger partial charge >= 0.3 is 0 Å². The Bertz CT molecular complexity index is 904. The number of fused-ring (bicyclic) bond motifs is 1. The average molecular weight is 361 g/mol. The normalized spacial score (nSPS) is 18.6. The van der Waals surface area contributed by atoms with Crippen molar-refractivity contribution in [3.63, 3.8) is 0 Å². The molecule has 5 nitrogen and oxygen atoms in total. The van der Waals surface area contributed by atoms with Gasteiger partial charge in [-0.2, -0.15) is 0 Å². The average Bonchev–Trinajstić information content (AvgIpc) is 2.88. The maximum Gasteiger partial charge on any atom is 0.0890 e. The number of hydrogen-bond donors (Lipinski definition) is 1. The molecule has 140 valence electrons. The summed E-state index contributed by atoms with van der Waals surface area (Å²) in [6.45, 7) is 7.34. The Morgan fingerprint density at radius 2 is 1.78 bits per heavy atom. The molecule has 2 aliphatic rings. The predicted octanol–water partition coefficient (Wildman–Crippen LogP) is 3.08. The van der Waals surface area contributed by atoms with Crippen LogP contribution in [0.25, 0.3) is 11.0 Å². The van der Waals surface area contributed by atoms with Crippen molar-refractivity contribution in [2.75, 3.05) is 33.2 Å². The Hall–Kier alpha value is -2.66. The van der Waals surface area contributed by atoms with Crippen LogP contribution in [0.4, 0.5) is 0 Å². The van der Waals surface area contributed by atoms with E-state index >= 15 is 0 Å². The molecule has 1 aliphatic carbocycles. The zero-order chi connectivity index (χ0) is 18.6. The summed E-state index contributed by atoms with van der Waals surface area (Å²) in [5.74, 6) is 0. The lowest BCUT2D eigenvalue weighted by Gasteiger charge is -2.36. The molecule has 0 amide bonds. The third-order valence-corrected chi connectivity index (χ3v) is 5.29. The third kappa shape index (κ3) is 4.19. The van der Waals surface area contributed by atoms with Gasteiger partial charge in [0.25, 0.3) is 0 Å². The lowest BCUT2D eigenvalue weighted by molar-refractivity contribution is 0.187. The summed E-state index contributed by atoms with van der Waals surface area (Å²) in [6, 6.07) is 6.29. The molecule has 1 saturated heterocycles. The van der Waals surface area contributed by atoms with Crippen molar-refractivity contribution in [3.05, 3.63) is 71.4 Å². The van der Waals surface area contributed by atoms with E-state index in [0.717, 1.165) is 50.2 Å². The molecule has 0 saturated carbocycles. The fourth-order valence-electron chi connectivity index (χ4n) is 3.56. The maximum absolute atomic E-state index is 4.42. The Morgan fingerprint density at radius 3 is 2.59 bits per heavy atom. The van der Waals surface area contributed by atoms with Gasteiger partial charge in [0.2, 0.25) is 0 Å². The van der Waals surface area contributed by atoms with Gasteiger partial charge in [-0.05, 0) is 44.2 Å². The summed E-state index contributed by atoms with van der Waals surface area (Å²) in [5.41, 5.74) is 7.02. The van der Waals surface area contributed by atoms with Crippen molar-refractivity contribution in [3.8, 4) is 0 Å². The fourth-order valence-corrected chi connectivity index (χ4v) is 3.56. The molecule has 1 N–H and O–H groups in total. The van der Waals surface area contributed by atoms with E-state index in [1.165, 1.54) is 22.5 Å². The standard InChI is InChI=1S/C22H27N5/c1-17-3-6-20(22(8-4-17)27-13-11-26(2)12-14-27)25-16-18-5-7-19-21(15-18)24-10-9-23-19/h3,5-10,15,25H,4,11-14,16H2,1-2H3. The minimum absolute atomic E-state index is 0.774. The smallest absolute Gasteiger partial charge is 0.0890 e. The first-order valence-corrected chi connectivity index (χ1v) is 9.64. The van der Waals surface area contributed by atoms with Crippen LogP contribution in [0.15, 0.2) is 65.8 Å². The Morgan fingerprint density at radius 1 is 1.00 bits per heavy atom. The van der Waals surface area contributed by atoms with Gasteiger partial charge in [-0.25, -0.2) is 0 Å². The summed E-state index contributed by atoms with van der Waals surface area (Å²) in [4.78, 5) is 13.7. The summed E-state index contributed by atoms with van der Waals surface area (Å²) in [6.07, 6.45) is 11.3. The summed E-state index contributed by atoms with van der Waals surface area (Å²) >= 11 is 0. The van der Waals surface area contributed by atoms with Crippen molar-refractivity contribution in [2.24, 2.45) is 0 Å². The van der Waals surface area contributed by atoms with Crippen LogP contribution in [-0.2, 0) is 6.54 Å². The SMILES string of the molecule is CC1=CC=C(NCc2ccc3nccnc3c2)C(N2CCN(C)CC2)=CC1. The highest BCUT2D eigenvalue weighted by atomic mass is 15.3. The first-order chi connectivity index (χ1) is 13.2. The van der Waals surface area contributed by atoms with Crippen LogP contribution in [0.5, 0.6) is 0 Å². The molecule has 2 heterocycles. The van der Waals surface area contributed by atoms with Gasteiger partial charge in [0.15, 0.2) is 0 Å². The molecule has 0 radical (unpaired) electrons. The minimum atomic E-state index is 0.774. The third-order valence-electron chi connectivity index (χ3n) is 5.29. The van der Waals surface area contributed by atoms with Gasteiger partial charge in [-0.1, -0.05) is 23.8 Å². The van der Waals surface area contributed by atoms with Crippen LogP contribution in [0, 0.1) is 0 Å². The van der Waals surface area contributed by atoms with Gasteiger partial charge < -0.3 is 15.1 Å². The highest BCUT2D eigenvalue weighted by molar-refractivity contribution is 5.74. The lowest BCUT2D eigenvalue weighted by atomic mass is 10.1. The quantitative estimate of drug-likeness (QED) is 0.907. The molecule has 1 aromatic heterocycles. The van der Waals surface area contributed by atoms with E-state index in [1.807, 2.05) is 6.07 Å². The van der Waals surface area contributed by atoms with Crippen molar-refractivity contribution in [1.82, 2.24) is 25.1 Å². The molecule has 27 heavy (non-hydrogen) atoms. The number of hydrogen-bond acceptors (Lipinski definition) is 5. The van der Waals surface area contributed by atoms with E-state index in [1.54, 1.807) is 12.4 Å². The van der Waals surface area contributed by atoms with Crippen molar-refractivity contribution >= 4 is 11.0 Å². The molecule has 2 aromatic rings. The first kappa shape index (κ1) is 17.7. The lowest BCUT2D eigenvalue weighted by Crippen LogP contribution is -2.44. The number of benzene rings is 1. The number of nitrogens with zero attached hydrogens (tertiary/aromatic N) is 4. The van der Waals surface area contributed by atoms with E-state index in [9.17, 15) is 0 Å². The van der Waals surface area contributed by atoms with Crippen LogP contribution in [-0.4, -0.2) is 53.0 Å². The molecule has 0 spiro atoms. The molecule has 4 rings (SSSR count). The van der Waals surface area contributed by atoms with Gasteiger partial charge in [0.1, 0.15) is 0 Å². The molecule has 1 aliphatic heterocycles.